The van der Waals surface area contributed by atoms with Crippen molar-refractivity contribution in [1.82, 2.24) is 15.2 Å². The molecule has 2 heterocycles. The summed E-state index contributed by atoms with van der Waals surface area (Å²) in [5, 5.41) is 2.49. The summed E-state index contributed by atoms with van der Waals surface area (Å²) < 4.78 is 62.0. The fourth-order valence-corrected chi connectivity index (χ4v) is 2.82. The van der Waals surface area contributed by atoms with Gasteiger partial charge in [0, 0.05) is 56.2 Å². The molecule has 1 aromatic carbocycles. The summed E-state index contributed by atoms with van der Waals surface area (Å²) in [5.74, 6) is -1.64. The SMILES string of the molecule is [2H]C1([2H])N(C(=O)c2ccc(F)c(Cl)c2)CCC(F)(CNCc2ccc(C)cn2)C1([2H])[2H]. The first kappa shape index (κ1) is 14.9. The van der Waals surface area contributed by atoms with E-state index in [2.05, 4.69) is 10.3 Å². The van der Waals surface area contributed by atoms with Crippen LogP contribution in [0.3, 0.4) is 0 Å². The van der Waals surface area contributed by atoms with Crippen LogP contribution in [0.4, 0.5) is 8.78 Å². The van der Waals surface area contributed by atoms with Crippen molar-refractivity contribution in [1.29, 1.82) is 0 Å². The zero-order valence-electron chi connectivity index (χ0n) is 18.7. The Balaban J connectivity index is 1.76. The molecule has 1 N–H and O–H groups in total. The fraction of sp³-hybridized carbons (Fsp3) is 0.400. The van der Waals surface area contributed by atoms with Gasteiger partial charge in [-0.1, -0.05) is 17.7 Å². The summed E-state index contributed by atoms with van der Waals surface area (Å²) in [5.41, 5.74) is -1.08. The summed E-state index contributed by atoms with van der Waals surface area (Å²) in [6.45, 7) is -1.71. The van der Waals surface area contributed by atoms with Crippen LogP contribution in [-0.2, 0) is 6.54 Å². The quantitative estimate of drug-likeness (QED) is 0.831. The molecule has 1 amide bonds. The van der Waals surface area contributed by atoms with Crippen LogP contribution in [0, 0.1) is 12.7 Å². The van der Waals surface area contributed by atoms with Crippen molar-refractivity contribution in [3.05, 3.63) is 64.2 Å². The van der Waals surface area contributed by atoms with Crippen LogP contribution in [-0.4, -0.2) is 41.0 Å². The maximum absolute atomic E-state index is 15.7. The maximum Gasteiger partial charge on any atom is 0.253 e. The predicted octanol–water partition coefficient (Wildman–Crippen LogP) is 3.92. The van der Waals surface area contributed by atoms with E-state index in [1.165, 1.54) is 0 Å². The molecular formula is C20H22ClF2N3O. The smallest absolute Gasteiger partial charge is 0.253 e. The van der Waals surface area contributed by atoms with Crippen molar-refractivity contribution in [2.75, 3.05) is 19.6 Å². The number of rotatable bonds is 5. The van der Waals surface area contributed by atoms with E-state index < -0.39 is 43.2 Å². The van der Waals surface area contributed by atoms with Gasteiger partial charge in [0.1, 0.15) is 11.5 Å². The van der Waals surface area contributed by atoms with Gasteiger partial charge in [-0.05, 0) is 36.8 Å². The number of nitrogens with one attached hydrogen (secondary N) is 1. The molecule has 1 atom stereocenters. The Morgan fingerprint density at radius 3 is 2.96 bits per heavy atom. The van der Waals surface area contributed by atoms with Crippen molar-refractivity contribution >= 4 is 17.5 Å². The number of likely N-dealkylation sites (tertiary alicyclic amines) is 1. The van der Waals surface area contributed by atoms with Gasteiger partial charge in [0.2, 0.25) is 0 Å². The molecule has 0 spiro atoms. The van der Waals surface area contributed by atoms with Gasteiger partial charge >= 0.3 is 0 Å². The van der Waals surface area contributed by atoms with Crippen LogP contribution in [0.2, 0.25) is 5.02 Å². The molecular weight excluding hydrogens is 372 g/mol. The van der Waals surface area contributed by atoms with Crippen LogP contribution in [0.25, 0.3) is 0 Å². The topological polar surface area (TPSA) is 45.2 Å². The van der Waals surface area contributed by atoms with Crippen LogP contribution in [0.15, 0.2) is 36.5 Å². The minimum absolute atomic E-state index is 0.110. The highest BCUT2D eigenvalue weighted by Gasteiger charge is 2.35. The van der Waals surface area contributed by atoms with Crippen molar-refractivity contribution in [3.63, 3.8) is 0 Å². The fourth-order valence-electron chi connectivity index (χ4n) is 2.64. The molecule has 3 rings (SSSR count). The molecule has 0 saturated carbocycles. The van der Waals surface area contributed by atoms with E-state index in [-0.39, 0.29) is 23.7 Å². The number of carbonyl (C=O) groups excluding carboxylic acids is 1. The van der Waals surface area contributed by atoms with Crippen molar-refractivity contribution in [2.24, 2.45) is 0 Å². The lowest BCUT2D eigenvalue weighted by Crippen LogP contribution is -2.48. The molecule has 0 bridgehead atoms. The Kier molecular flexibility index (Phi) is 4.60. The second kappa shape index (κ2) is 8.31. The van der Waals surface area contributed by atoms with Crippen LogP contribution in [0.1, 0.15) is 39.9 Å². The first-order valence-corrected chi connectivity index (χ1v) is 8.85. The number of halogens is 3. The molecule has 1 unspecified atom stereocenters. The number of aryl methyl sites for hydroxylation is 1. The average Bonchev–Trinajstić information content (AvgIpc) is 2.70. The molecule has 2 aromatic rings. The minimum Gasteiger partial charge on any atom is -0.338 e. The van der Waals surface area contributed by atoms with Crippen LogP contribution in [0.5, 0.6) is 0 Å². The van der Waals surface area contributed by atoms with Crippen molar-refractivity contribution < 1.29 is 19.1 Å². The van der Waals surface area contributed by atoms with Gasteiger partial charge < -0.3 is 10.2 Å². The number of hydrogen-bond donors (Lipinski definition) is 1. The number of aromatic nitrogens is 1. The van der Waals surface area contributed by atoms with Gasteiger partial charge in [-0.3, -0.25) is 9.78 Å². The number of alkyl halides is 1. The number of amides is 1. The third-order valence-electron chi connectivity index (χ3n) is 4.24. The number of nitrogens with zero attached hydrogens (tertiary/aromatic N) is 2. The van der Waals surface area contributed by atoms with Gasteiger partial charge in [-0.15, -0.1) is 0 Å². The molecule has 1 saturated heterocycles. The predicted molar refractivity (Wildman–Crippen MR) is 101 cm³/mol. The van der Waals surface area contributed by atoms with Gasteiger partial charge in [-0.25, -0.2) is 8.78 Å². The monoisotopic (exact) mass is 397 g/mol. The minimum atomic E-state index is -3.02. The van der Waals surface area contributed by atoms with Crippen molar-refractivity contribution in [3.8, 4) is 0 Å². The lowest BCUT2D eigenvalue weighted by Gasteiger charge is -2.36. The highest BCUT2D eigenvalue weighted by atomic mass is 35.5. The lowest BCUT2D eigenvalue weighted by molar-refractivity contribution is 0.0434. The van der Waals surface area contributed by atoms with E-state index in [0.29, 0.717) is 10.6 Å². The number of benzene rings is 1. The van der Waals surface area contributed by atoms with Gasteiger partial charge in [-0.2, -0.15) is 0 Å². The number of carbonyl (C=O) groups is 1. The molecule has 27 heavy (non-hydrogen) atoms. The Morgan fingerprint density at radius 2 is 2.26 bits per heavy atom. The average molecular weight is 398 g/mol. The Hall–Kier alpha value is -2.05. The van der Waals surface area contributed by atoms with E-state index in [1.807, 2.05) is 13.0 Å². The number of pyridine rings is 1. The number of piperidine rings is 1. The number of hydrogen-bond acceptors (Lipinski definition) is 3. The van der Waals surface area contributed by atoms with Crippen molar-refractivity contribution in [2.45, 2.75) is 31.9 Å². The van der Waals surface area contributed by atoms with Crippen LogP contribution < -0.4 is 5.32 Å². The standard InChI is InChI=1S/C20H22ClF2N3O/c1-14-2-4-16(25-11-14)12-24-13-20(23)6-8-26(9-7-20)19(27)15-3-5-18(22)17(21)10-15/h2-5,10-11,24H,6-9,12-13H2,1H3/i6D2,8D2. The first-order valence-electron chi connectivity index (χ1n) is 10.5. The van der Waals surface area contributed by atoms with Gasteiger partial charge in [0.15, 0.2) is 0 Å². The zero-order valence-corrected chi connectivity index (χ0v) is 15.5. The Labute approximate surface area is 168 Å². The second-order valence-corrected chi connectivity index (χ2v) is 6.88. The molecule has 1 aliphatic heterocycles. The molecule has 1 aliphatic rings. The largest absolute Gasteiger partial charge is 0.338 e. The molecule has 7 heteroatoms. The van der Waals surface area contributed by atoms with E-state index in [1.54, 1.807) is 12.3 Å². The lowest BCUT2D eigenvalue weighted by atomic mass is 9.92. The first-order chi connectivity index (χ1) is 14.4. The van der Waals surface area contributed by atoms with Gasteiger partial charge in [0.25, 0.3) is 5.91 Å². The third-order valence-corrected chi connectivity index (χ3v) is 4.53. The molecule has 0 radical (unpaired) electrons. The summed E-state index contributed by atoms with van der Waals surface area (Å²) >= 11 is 5.70. The highest BCUT2D eigenvalue weighted by molar-refractivity contribution is 6.31. The third kappa shape index (κ3) is 5.02. The van der Waals surface area contributed by atoms with E-state index in [4.69, 9.17) is 17.1 Å². The summed E-state index contributed by atoms with van der Waals surface area (Å²) in [6, 6.07) is 6.74. The molecule has 144 valence electrons. The van der Waals surface area contributed by atoms with E-state index in [9.17, 15) is 9.18 Å². The Bertz CT molecular complexity index is 977. The molecule has 1 aromatic heterocycles. The van der Waals surface area contributed by atoms with Gasteiger partial charge in [0.05, 0.1) is 10.7 Å². The summed E-state index contributed by atoms with van der Waals surface area (Å²) in [4.78, 5) is 17.6. The molecule has 4 nitrogen and oxygen atoms in total. The second-order valence-electron chi connectivity index (χ2n) is 6.47. The summed E-state index contributed by atoms with van der Waals surface area (Å²) in [7, 11) is 0. The van der Waals surface area contributed by atoms with E-state index in [0.717, 1.165) is 23.8 Å². The van der Waals surface area contributed by atoms with E-state index >= 15 is 4.39 Å². The zero-order chi connectivity index (χ0) is 23.0. The summed E-state index contributed by atoms with van der Waals surface area (Å²) in [6.07, 6.45) is -1.79. The molecule has 0 aliphatic carbocycles. The normalized spacial score (nSPS) is 25.9. The maximum atomic E-state index is 15.7. The highest BCUT2D eigenvalue weighted by Crippen LogP contribution is 2.27. The van der Waals surface area contributed by atoms with Crippen LogP contribution >= 0.6 is 11.6 Å². The molecule has 1 fully saturated rings. The Morgan fingerprint density at radius 1 is 1.44 bits per heavy atom.